The number of primary sulfonamides is 1. The number of nitrogens with zero attached hydrogens (tertiary/aromatic N) is 1. The zero-order chi connectivity index (χ0) is 23.0. The first-order valence-corrected chi connectivity index (χ1v) is 11.8. The number of hydrogen-bond acceptors (Lipinski definition) is 6. The highest BCUT2D eigenvalue weighted by atomic mass is 32.2. The van der Waals surface area contributed by atoms with E-state index < -0.39 is 20.9 Å². The Morgan fingerprint density at radius 3 is 2.42 bits per heavy atom. The molecule has 0 heterocycles. The van der Waals surface area contributed by atoms with Gasteiger partial charge in [-0.15, -0.1) is 0 Å². The number of rotatable bonds is 12. The Morgan fingerprint density at radius 2 is 1.87 bits per heavy atom. The molecule has 0 unspecified atom stereocenters. The van der Waals surface area contributed by atoms with Crippen molar-refractivity contribution in [2.45, 2.75) is 37.5 Å². The Hall–Kier alpha value is -2.62. The highest BCUT2D eigenvalue weighted by molar-refractivity contribution is 7.89. The summed E-state index contributed by atoms with van der Waals surface area (Å²) in [6.07, 6.45) is 2.69. The molecule has 0 spiro atoms. The monoisotopic (exact) mass is 449 g/mol. The molecule has 2 rings (SSSR count). The maximum absolute atomic E-state index is 12.5. The van der Waals surface area contributed by atoms with Gasteiger partial charge >= 0.3 is 5.97 Å². The van der Waals surface area contributed by atoms with Gasteiger partial charge in [-0.1, -0.05) is 31.5 Å². The van der Waals surface area contributed by atoms with E-state index in [9.17, 15) is 18.3 Å². The molecule has 0 aliphatic rings. The third-order valence-corrected chi connectivity index (χ3v) is 5.72. The molecule has 0 fully saturated rings. The van der Waals surface area contributed by atoms with Crippen LogP contribution in [0.2, 0.25) is 0 Å². The van der Waals surface area contributed by atoms with Gasteiger partial charge in [-0.25, -0.2) is 18.4 Å². The van der Waals surface area contributed by atoms with Crippen molar-refractivity contribution in [1.82, 2.24) is 4.90 Å². The van der Waals surface area contributed by atoms with Gasteiger partial charge in [-0.05, 0) is 58.1 Å². The number of carboxylic acids is 1. The first kappa shape index (κ1) is 24.6. The number of nitrogens with two attached hydrogens (primary N) is 1. The fourth-order valence-corrected chi connectivity index (χ4v) is 4.23. The van der Waals surface area contributed by atoms with Crippen molar-refractivity contribution in [2.24, 2.45) is 5.14 Å². The minimum Gasteiger partial charge on any atom is -0.478 e. The van der Waals surface area contributed by atoms with Crippen LogP contribution in [0, 0.1) is 0 Å². The lowest BCUT2D eigenvalue weighted by Gasteiger charge is -2.21. The van der Waals surface area contributed by atoms with E-state index in [1.807, 2.05) is 32.0 Å². The van der Waals surface area contributed by atoms with Crippen LogP contribution in [0.15, 0.2) is 41.3 Å². The van der Waals surface area contributed by atoms with Crippen molar-refractivity contribution in [2.75, 3.05) is 32.5 Å². The molecule has 0 amide bonds. The summed E-state index contributed by atoms with van der Waals surface area (Å²) in [6.45, 7) is 3.32. The largest absolute Gasteiger partial charge is 0.478 e. The highest BCUT2D eigenvalue weighted by Crippen LogP contribution is 2.40. The number of nitrogens with one attached hydrogen (secondary N) is 1. The lowest BCUT2D eigenvalue weighted by Crippen LogP contribution is -2.21. The maximum atomic E-state index is 12.5. The first-order valence-electron chi connectivity index (χ1n) is 10.2. The minimum absolute atomic E-state index is 0.270. The van der Waals surface area contributed by atoms with Gasteiger partial charge in [-0.3, -0.25) is 0 Å². The molecule has 9 heteroatoms. The van der Waals surface area contributed by atoms with Gasteiger partial charge in [0, 0.05) is 12.1 Å². The summed E-state index contributed by atoms with van der Waals surface area (Å²) in [5, 5.41) is 18.4. The number of carboxylic acid groups (broad SMARTS) is 1. The molecule has 170 valence electrons. The van der Waals surface area contributed by atoms with E-state index in [2.05, 4.69) is 5.32 Å². The summed E-state index contributed by atoms with van der Waals surface area (Å²) < 4.78 is 31.1. The van der Waals surface area contributed by atoms with Crippen LogP contribution < -0.4 is 15.2 Å². The summed E-state index contributed by atoms with van der Waals surface area (Å²) in [4.78, 5) is 13.5. The molecule has 4 N–H and O–H groups in total. The molecule has 8 nitrogen and oxygen atoms in total. The predicted molar refractivity (Wildman–Crippen MR) is 122 cm³/mol. The minimum atomic E-state index is -4.32. The normalized spacial score (nSPS) is 11.5. The molecule has 2 aromatic carbocycles. The predicted octanol–water partition coefficient (Wildman–Crippen LogP) is 3.53. The third-order valence-electron chi connectivity index (χ3n) is 4.68. The van der Waals surface area contributed by atoms with E-state index in [0.29, 0.717) is 30.9 Å². The number of aromatic carboxylic acids is 1. The van der Waals surface area contributed by atoms with Gasteiger partial charge in [0.25, 0.3) is 0 Å². The molecular weight excluding hydrogens is 418 g/mol. The van der Waals surface area contributed by atoms with Crippen LogP contribution in [-0.4, -0.2) is 51.6 Å². The molecule has 0 saturated heterocycles. The van der Waals surface area contributed by atoms with Crippen molar-refractivity contribution < 1.29 is 23.1 Å². The van der Waals surface area contributed by atoms with Crippen molar-refractivity contribution in [3.8, 4) is 11.5 Å². The second-order valence-corrected chi connectivity index (χ2v) is 9.06. The molecule has 31 heavy (non-hydrogen) atoms. The lowest BCUT2D eigenvalue weighted by molar-refractivity contribution is 0.0692. The SMILES string of the molecule is CCCCNc1cc(C(=O)O)c(S(N)(=O)=O)c(CCCN(C)C)c1Oc1ccccc1. The van der Waals surface area contributed by atoms with Gasteiger partial charge in [0.2, 0.25) is 10.0 Å². The van der Waals surface area contributed by atoms with Crippen molar-refractivity contribution in [3.05, 3.63) is 47.5 Å². The molecule has 0 atom stereocenters. The van der Waals surface area contributed by atoms with Crippen LogP contribution in [0.5, 0.6) is 11.5 Å². The van der Waals surface area contributed by atoms with E-state index in [1.165, 1.54) is 6.07 Å². The van der Waals surface area contributed by atoms with Gasteiger partial charge in [0.1, 0.15) is 10.6 Å². The number of hydrogen-bond donors (Lipinski definition) is 3. The number of sulfonamides is 1. The average Bonchev–Trinajstić information content (AvgIpc) is 2.69. The second-order valence-electron chi connectivity index (χ2n) is 7.56. The van der Waals surface area contributed by atoms with Crippen molar-refractivity contribution in [1.29, 1.82) is 0 Å². The molecule has 0 radical (unpaired) electrons. The van der Waals surface area contributed by atoms with Crippen molar-refractivity contribution >= 4 is 21.7 Å². The Kier molecular flexibility index (Phi) is 8.85. The van der Waals surface area contributed by atoms with Crippen LogP contribution in [0.25, 0.3) is 0 Å². The van der Waals surface area contributed by atoms with Crippen molar-refractivity contribution in [3.63, 3.8) is 0 Å². The quantitative estimate of drug-likeness (QED) is 0.424. The summed E-state index contributed by atoms with van der Waals surface area (Å²) >= 11 is 0. The van der Waals surface area contributed by atoms with Gasteiger partial charge in [0.15, 0.2) is 5.75 Å². The topological polar surface area (TPSA) is 122 Å². The number of benzene rings is 2. The Balaban J connectivity index is 2.73. The molecule has 0 aliphatic heterocycles. The highest BCUT2D eigenvalue weighted by Gasteiger charge is 2.29. The van der Waals surface area contributed by atoms with E-state index in [-0.39, 0.29) is 23.3 Å². The van der Waals surface area contributed by atoms with Crippen LogP contribution in [0.4, 0.5) is 5.69 Å². The average molecular weight is 450 g/mol. The molecule has 2 aromatic rings. The van der Waals surface area contributed by atoms with E-state index in [4.69, 9.17) is 9.88 Å². The van der Waals surface area contributed by atoms with Crippen LogP contribution in [0.3, 0.4) is 0 Å². The fourth-order valence-electron chi connectivity index (χ4n) is 3.24. The van der Waals surface area contributed by atoms with E-state index in [1.54, 1.807) is 24.3 Å². The number of para-hydroxylation sites is 1. The smallest absolute Gasteiger partial charge is 0.337 e. The number of unbranched alkanes of at least 4 members (excludes halogenated alkanes) is 1. The Labute approximate surface area is 184 Å². The molecule has 0 aromatic heterocycles. The molecule has 0 bridgehead atoms. The van der Waals surface area contributed by atoms with Gasteiger partial charge in [-0.2, -0.15) is 0 Å². The number of anilines is 1. The summed E-state index contributed by atoms with van der Waals surface area (Å²) in [5.41, 5.74) is 0.343. The fraction of sp³-hybridized carbons (Fsp3) is 0.409. The lowest BCUT2D eigenvalue weighted by atomic mass is 10.0. The zero-order valence-electron chi connectivity index (χ0n) is 18.2. The molecular formula is C22H31N3O5S. The van der Waals surface area contributed by atoms with E-state index in [0.717, 1.165) is 12.8 Å². The second kappa shape index (κ2) is 11.1. The van der Waals surface area contributed by atoms with Crippen LogP contribution in [0.1, 0.15) is 42.1 Å². The zero-order valence-corrected chi connectivity index (χ0v) is 19.0. The van der Waals surface area contributed by atoms with Crippen LogP contribution in [-0.2, 0) is 16.4 Å². The Bertz CT molecular complexity index is 992. The summed E-state index contributed by atoms with van der Waals surface area (Å²) in [5.74, 6) is -0.559. The van der Waals surface area contributed by atoms with Crippen LogP contribution >= 0.6 is 0 Å². The third kappa shape index (κ3) is 6.95. The van der Waals surface area contributed by atoms with Gasteiger partial charge < -0.3 is 20.1 Å². The molecule has 0 aliphatic carbocycles. The number of ether oxygens (including phenoxy) is 1. The number of carbonyl (C=O) groups is 1. The van der Waals surface area contributed by atoms with Gasteiger partial charge in [0.05, 0.1) is 11.3 Å². The van der Waals surface area contributed by atoms with E-state index >= 15 is 0 Å². The summed E-state index contributed by atoms with van der Waals surface area (Å²) in [7, 11) is -0.499. The maximum Gasteiger partial charge on any atom is 0.337 e. The molecule has 0 saturated carbocycles. The summed E-state index contributed by atoms with van der Waals surface area (Å²) in [6, 6.07) is 10.2. The standard InChI is InChI=1S/C22H31N3O5S/c1-4-5-13-24-19-15-18(22(26)27)21(31(23,28)29)17(12-9-14-25(2)3)20(19)30-16-10-7-6-8-11-16/h6-8,10-11,15,24H,4-5,9,12-14H2,1-3H3,(H,26,27)(H2,23,28,29). The first-order chi connectivity index (χ1) is 14.6. The Morgan fingerprint density at radius 1 is 1.19 bits per heavy atom.